The molecule has 0 aliphatic carbocycles. The van der Waals surface area contributed by atoms with E-state index in [1.165, 1.54) is 11.5 Å². The van der Waals surface area contributed by atoms with Crippen LogP contribution in [0.25, 0.3) is 0 Å². The molecule has 0 aliphatic heterocycles. The third-order valence-corrected chi connectivity index (χ3v) is 2.31. The lowest BCUT2D eigenvalue weighted by atomic mass is 10.2. The zero-order valence-corrected chi connectivity index (χ0v) is 7.42. The van der Waals surface area contributed by atoms with E-state index in [0.29, 0.717) is 5.56 Å². The Morgan fingerprint density at radius 1 is 1.60 bits per heavy atom. The van der Waals surface area contributed by atoms with Crippen molar-refractivity contribution in [2.45, 2.75) is 13.8 Å². The molecule has 1 aromatic heterocycles. The molecular formula is C6H7NOS2. The predicted molar refractivity (Wildman–Crippen MR) is 44.9 cm³/mol. The lowest BCUT2D eigenvalue weighted by Gasteiger charge is -1.89. The molecule has 0 amide bonds. The van der Waals surface area contributed by atoms with Crippen molar-refractivity contribution in [1.82, 2.24) is 4.37 Å². The van der Waals surface area contributed by atoms with Crippen LogP contribution in [0.2, 0.25) is 0 Å². The Kier molecular flexibility index (Phi) is 2.11. The van der Waals surface area contributed by atoms with Crippen LogP contribution in [-0.4, -0.2) is 9.49 Å². The van der Waals surface area contributed by atoms with Crippen molar-refractivity contribution in [3.63, 3.8) is 0 Å². The number of thiol groups is 1. The van der Waals surface area contributed by atoms with Gasteiger partial charge in [-0.3, -0.25) is 4.79 Å². The third kappa shape index (κ3) is 1.22. The predicted octanol–water partition coefficient (Wildman–Crippen LogP) is 1.83. The van der Waals surface area contributed by atoms with Crippen LogP contribution in [0.3, 0.4) is 0 Å². The van der Waals surface area contributed by atoms with E-state index in [4.69, 9.17) is 0 Å². The summed E-state index contributed by atoms with van der Waals surface area (Å²) in [6.07, 6.45) is 0. The van der Waals surface area contributed by atoms with E-state index < -0.39 is 0 Å². The van der Waals surface area contributed by atoms with Gasteiger partial charge in [0.25, 0.3) is 0 Å². The number of carbonyl (C=O) groups is 1. The molecule has 0 bridgehead atoms. The van der Waals surface area contributed by atoms with Gasteiger partial charge in [-0.1, -0.05) is 0 Å². The van der Waals surface area contributed by atoms with E-state index >= 15 is 0 Å². The maximum atomic E-state index is 10.8. The molecule has 0 aliphatic rings. The van der Waals surface area contributed by atoms with Gasteiger partial charge in [0.2, 0.25) is 5.12 Å². The molecule has 0 unspecified atom stereocenters. The fourth-order valence-corrected chi connectivity index (χ4v) is 1.89. The van der Waals surface area contributed by atoms with E-state index in [1.54, 1.807) is 0 Å². The molecular weight excluding hydrogens is 166 g/mol. The highest BCUT2D eigenvalue weighted by molar-refractivity contribution is 7.97. The number of hydrogen-bond donors (Lipinski definition) is 1. The summed E-state index contributed by atoms with van der Waals surface area (Å²) < 4.78 is 4.01. The Morgan fingerprint density at radius 2 is 2.20 bits per heavy atom. The van der Waals surface area contributed by atoms with Crippen LogP contribution in [-0.2, 0) is 0 Å². The lowest BCUT2D eigenvalue weighted by molar-refractivity contribution is 0.109. The average Bonchev–Trinajstić information content (AvgIpc) is 2.11. The van der Waals surface area contributed by atoms with Crippen molar-refractivity contribution in [3.05, 3.63) is 16.1 Å². The molecule has 1 rings (SSSR count). The van der Waals surface area contributed by atoms with Gasteiger partial charge in [-0.25, -0.2) is 0 Å². The highest BCUT2D eigenvalue weighted by atomic mass is 32.1. The van der Waals surface area contributed by atoms with Gasteiger partial charge in [0.05, 0.1) is 11.3 Å². The summed E-state index contributed by atoms with van der Waals surface area (Å²) in [5, 5.41) is -0.191. The molecule has 54 valence electrons. The monoisotopic (exact) mass is 173 g/mol. The van der Waals surface area contributed by atoms with E-state index in [0.717, 1.165) is 10.6 Å². The van der Waals surface area contributed by atoms with Gasteiger partial charge in [0.1, 0.15) is 0 Å². The molecule has 4 heteroatoms. The topological polar surface area (TPSA) is 30.0 Å². The van der Waals surface area contributed by atoms with E-state index in [-0.39, 0.29) is 5.12 Å². The molecule has 1 aromatic rings. The molecule has 0 atom stereocenters. The molecule has 0 fully saturated rings. The highest BCUT2D eigenvalue weighted by Gasteiger charge is 2.10. The molecule has 0 radical (unpaired) electrons. The summed E-state index contributed by atoms with van der Waals surface area (Å²) >= 11 is 5.06. The Labute approximate surface area is 68.8 Å². The Bertz CT molecular complexity index is 247. The van der Waals surface area contributed by atoms with Gasteiger partial charge in [0.15, 0.2) is 0 Å². The van der Waals surface area contributed by atoms with Crippen LogP contribution in [0.4, 0.5) is 0 Å². The minimum atomic E-state index is -0.191. The van der Waals surface area contributed by atoms with Gasteiger partial charge < -0.3 is 0 Å². The first kappa shape index (κ1) is 7.75. The van der Waals surface area contributed by atoms with Crippen molar-refractivity contribution in [1.29, 1.82) is 0 Å². The van der Waals surface area contributed by atoms with E-state index in [2.05, 4.69) is 17.0 Å². The number of rotatable bonds is 1. The number of nitrogens with zero attached hydrogens (tertiary/aromatic N) is 1. The fraction of sp³-hybridized carbons (Fsp3) is 0.333. The van der Waals surface area contributed by atoms with Gasteiger partial charge in [-0.05, 0) is 25.4 Å². The molecule has 2 nitrogen and oxygen atoms in total. The maximum Gasteiger partial charge on any atom is 0.219 e. The van der Waals surface area contributed by atoms with Gasteiger partial charge in [-0.2, -0.15) is 4.37 Å². The van der Waals surface area contributed by atoms with Crippen molar-refractivity contribution in [2.75, 3.05) is 0 Å². The van der Waals surface area contributed by atoms with Crippen LogP contribution >= 0.6 is 24.2 Å². The Morgan fingerprint density at radius 3 is 2.40 bits per heavy atom. The summed E-state index contributed by atoms with van der Waals surface area (Å²) in [4.78, 5) is 11.7. The second-order valence-corrected chi connectivity index (χ2v) is 3.39. The second kappa shape index (κ2) is 2.72. The summed E-state index contributed by atoms with van der Waals surface area (Å²) in [6, 6.07) is 0. The molecule has 0 saturated carbocycles. The minimum absolute atomic E-state index is 0.191. The van der Waals surface area contributed by atoms with Crippen LogP contribution in [0, 0.1) is 13.8 Å². The molecule has 0 spiro atoms. The van der Waals surface area contributed by atoms with Crippen LogP contribution in [0.5, 0.6) is 0 Å². The van der Waals surface area contributed by atoms with Gasteiger partial charge >= 0.3 is 0 Å². The quantitative estimate of drug-likeness (QED) is 0.657. The van der Waals surface area contributed by atoms with Gasteiger partial charge in [-0.15, -0.1) is 12.6 Å². The fourth-order valence-electron chi connectivity index (χ4n) is 0.788. The first-order valence-corrected chi connectivity index (χ1v) is 4.01. The lowest BCUT2D eigenvalue weighted by Crippen LogP contribution is -1.91. The highest BCUT2D eigenvalue weighted by Crippen LogP contribution is 2.18. The van der Waals surface area contributed by atoms with Crippen molar-refractivity contribution >= 4 is 29.3 Å². The van der Waals surface area contributed by atoms with Crippen molar-refractivity contribution in [2.24, 2.45) is 0 Å². The smallest absolute Gasteiger partial charge is 0.219 e. The summed E-state index contributed by atoms with van der Waals surface area (Å²) in [7, 11) is 0. The normalized spacial score (nSPS) is 9.90. The zero-order valence-electron chi connectivity index (χ0n) is 5.71. The first-order chi connectivity index (χ1) is 4.63. The number of carbonyl (C=O) groups excluding carboxylic acids is 1. The average molecular weight is 173 g/mol. The molecule has 0 aromatic carbocycles. The number of aromatic nitrogens is 1. The van der Waals surface area contributed by atoms with E-state index in [1.807, 2.05) is 13.8 Å². The molecule has 0 N–H and O–H groups in total. The number of hydrogen-bond acceptors (Lipinski definition) is 3. The SMILES string of the molecule is Cc1nsc(C)c1C(=O)S. The zero-order chi connectivity index (χ0) is 7.72. The molecule has 10 heavy (non-hydrogen) atoms. The van der Waals surface area contributed by atoms with Crippen LogP contribution in [0.15, 0.2) is 0 Å². The Balaban J connectivity index is 3.23. The van der Waals surface area contributed by atoms with Crippen LogP contribution < -0.4 is 0 Å². The van der Waals surface area contributed by atoms with Crippen LogP contribution in [0.1, 0.15) is 20.9 Å². The summed E-state index contributed by atoms with van der Waals surface area (Å²) in [6.45, 7) is 3.68. The first-order valence-electron chi connectivity index (χ1n) is 2.79. The molecule has 0 saturated heterocycles. The second-order valence-electron chi connectivity index (χ2n) is 2.00. The Hall–Kier alpha value is -0.350. The van der Waals surface area contributed by atoms with Gasteiger partial charge in [0, 0.05) is 4.88 Å². The summed E-state index contributed by atoms with van der Waals surface area (Å²) in [5.74, 6) is 0. The van der Waals surface area contributed by atoms with Crippen molar-refractivity contribution in [3.8, 4) is 0 Å². The largest absolute Gasteiger partial charge is 0.282 e. The standard InChI is InChI=1S/C6H7NOS2/c1-3-5(6(8)9)4(2)10-7-3/h1-2H3,(H,8,9). The third-order valence-electron chi connectivity index (χ3n) is 1.25. The van der Waals surface area contributed by atoms with E-state index in [9.17, 15) is 4.79 Å². The van der Waals surface area contributed by atoms with Crippen molar-refractivity contribution < 1.29 is 4.79 Å². The number of aryl methyl sites for hydroxylation is 2. The molecule has 1 heterocycles. The minimum Gasteiger partial charge on any atom is -0.282 e. The maximum absolute atomic E-state index is 10.8. The summed E-state index contributed by atoms with van der Waals surface area (Å²) in [5.41, 5.74) is 1.44.